The van der Waals surface area contributed by atoms with E-state index in [0.29, 0.717) is 11.8 Å². The number of aryl methyl sites for hydroxylation is 1. The van der Waals surface area contributed by atoms with Crippen molar-refractivity contribution in [2.45, 2.75) is 32.4 Å². The van der Waals surface area contributed by atoms with Crippen molar-refractivity contribution < 1.29 is 9.13 Å². The van der Waals surface area contributed by atoms with Crippen LogP contribution >= 0.6 is 0 Å². The van der Waals surface area contributed by atoms with E-state index in [1.807, 2.05) is 19.1 Å². The van der Waals surface area contributed by atoms with Crippen LogP contribution in [0.3, 0.4) is 0 Å². The summed E-state index contributed by atoms with van der Waals surface area (Å²) < 4.78 is 18.7. The van der Waals surface area contributed by atoms with Crippen LogP contribution in [0.25, 0.3) is 0 Å². The molecule has 24 heavy (non-hydrogen) atoms. The Kier molecular flexibility index (Phi) is 5.25. The molecule has 1 aliphatic rings. The number of aromatic nitrogens is 2. The van der Waals surface area contributed by atoms with Crippen LogP contribution in [-0.4, -0.2) is 41.1 Å². The number of likely N-dealkylation sites (tertiary alicyclic amines) is 1. The van der Waals surface area contributed by atoms with Crippen LogP contribution < -0.4 is 10.1 Å². The monoisotopic (exact) mass is 330 g/mol. The van der Waals surface area contributed by atoms with Crippen LogP contribution in [0.2, 0.25) is 0 Å². The van der Waals surface area contributed by atoms with Crippen molar-refractivity contribution in [2.24, 2.45) is 0 Å². The lowest BCUT2D eigenvalue weighted by Gasteiger charge is -2.32. The fraction of sp³-hybridized carbons (Fsp3) is 0.444. The number of nitrogens with zero attached hydrogens (tertiary/aromatic N) is 3. The zero-order chi connectivity index (χ0) is 16.9. The van der Waals surface area contributed by atoms with Gasteiger partial charge in [0.15, 0.2) is 11.6 Å². The lowest BCUT2D eigenvalue weighted by Crippen LogP contribution is -2.38. The smallest absolute Gasteiger partial charge is 0.165 e. The fourth-order valence-corrected chi connectivity index (χ4v) is 3.04. The molecular formula is C18H23FN4O. The predicted octanol–water partition coefficient (Wildman–Crippen LogP) is 3.01. The van der Waals surface area contributed by atoms with Gasteiger partial charge in [0.2, 0.25) is 0 Å². The summed E-state index contributed by atoms with van der Waals surface area (Å²) >= 11 is 0. The molecule has 0 bridgehead atoms. The third-order valence-corrected chi connectivity index (χ3v) is 4.37. The van der Waals surface area contributed by atoms with Crippen LogP contribution in [0.5, 0.6) is 5.75 Å². The maximum atomic E-state index is 13.8. The number of ether oxygens (including phenoxy) is 1. The van der Waals surface area contributed by atoms with Gasteiger partial charge in [-0.1, -0.05) is 6.07 Å². The van der Waals surface area contributed by atoms with Gasteiger partial charge < -0.3 is 10.1 Å². The van der Waals surface area contributed by atoms with Gasteiger partial charge in [-0.3, -0.25) is 4.90 Å². The van der Waals surface area contributed by atoms with Gasteiger partial charge in [-0.05, 0) is 37.5 Å². The largest absolute Gasteiger partial charge is 0.494 e. The number of anilines is 1. The molecule has 3 rings (SSSR count). The summed E-state index contributed by atoms with van der Waals surface area (Å²) in [5.41, 5.74) is 1.94. The zero-order valence-electron chi connectivity index (χ0n) is 14.1. The summed E-state index contributed by atoms with van der Waals surface area (Å²) in [7, 11) is 1.48. The normalized spacial score (nSPS) is 16.1. The molecular weight excluding hydrogens is 307 g/mol. The van der Waals surface area contributed by atoms with E-state index < -0.39 is 0 Å². The van der Waals surface area contributed by atoms with Crippen molar-refractivity contribution in [1.29, 1.82) is 0 Å². The SMILES string of the molecule is COc1ccc(CN2CCC(Nc3cc(C)ncn3)CC2)cc1F. The second-order valence-electron chi connectivity index (χ2n) is 6.21. The van der Waals surface area contributed by atoms with E-state index >= 15 is 0 Å². The highest BCUT2D eigenvalue weighted by atomic mass is 19.1. The van der Waals surface area contributed by atoms with E-state index in [2.05, 4.69) is 20.2 Å². The van der Waals surface area contributed by atoms with Crippen molar-refractivity contribution in [3.63, 3.8) is 0 Å². The van der Waals surface area contributed by atoms with E-state index in [1.165, 1.54) is 7.11 Å². The number of nitrogens with one attached hydrogen (secondary N) is 1. The third kappa shape index (κ3) is 4.20. The minimum absolute atomic E-state index is 0.293. The third-order valence-electron chi connectivity index (χ3n) is 4.37. The van der Waals surface area contributed by atoms with Crippen LogP contribution in [0.15, 0.2) is 30.6 Å². The molecule has 0 amide bonds. The van der Waals surface area contributed by atoms with Crippen molar-refractivity contribution in [3.05, 3.63) is 47.7 Å². The minimum atomic E-state index is -0.300. The fourth-order valence-electron chi connectivity index (χ4n) is 3.04. The Balaban J connectivity index is 1.51. The Morgan fingerprint density at radius 1 is 1.25 bits per heavy atom. The zero-order valence-corrected chi connectivity index (χ0v) is 14.1. The van der Waals surface area contributed by atoms with E-state index in [1.54, 1.807) is 18.5 Å². The molecule has 0 atom stereocenters. The number of methoxy groups -OCH3 is 1. The van der Waals surface area contributed by atoms with E-state index in [-0.39, 0.29) is 5.82 Å². The van der Waals surface area contributed by atoms with Gasteiger partial charge in [0.1, 0.15) is 12.1 Å². The molecule has 0 radical (unpaired) electrons. The molecule has 1 aliphatic heterocycles. The maximum Gasteiger partial charge on any atom is 0.165 e. The maximum absolute atomic E-state index is 13.8. The van der Waals surface area contributed by atoms with Gasteiger partial charge in [0.25, 0.3) is 0 Å². The average Bonchev–Trinajstić information content (AvgIpc) is 2.57. The molecule has 0 spiro atoms. The number of piperidine rings is 1. The van der Waals surface area contributed by atoms with E-state index in [9.17, 15) is 4.39 Å². The molecule has 0 unspecified atom stereocenters. The molecule has 1 N–H and O–H groups in total. The van der Waals surface area contributed by atoms with Gasteiger partial charge in [-0.25, -0.2) is 14.4 Å². The van der Waals surface area contributed by atoms with E-state index in [0.717, 1.165) is 49.6 Å². The quantitative estimate of drug-likeness (QED) is 0.913. The van der Waals surface area contributed by atoms with Crippen molar-refractivity contribution in [3.8, 4) is 5.75 Å². The average molecular weight is 330 g/mol. The van der Waals surface area contributed by atoms with Crippen molar-refractivity contribution >= 4 is 5.82 Å². The van der Waals surface area contributed by atoms with Crippen molar-refractivity contribution in [1.82, 2.24) is 14.9 Å². The number of hydrogen-bond donors (Lipinski definition) is 1. The lowest BCUT2D eigenvalue weighted by molar-refractivity contribution is 0.211. The summed E-state index contributed by atoms with van der Waals surface area (Å²) in [6, 6.07) is 7.56. The van der Waals surface area contributed by atoms with Crippen LogP contribution in [0.1, 0.15) is 24.1 Å². The molecule has 128 valence electrons. The summed E-state index contributed by atoms with van der Waals surface area (Å²) in [5, 5.41) is 3.48. The van der Waals surface area contributed by atoms with Gasteiger partial charge >= 0.3 is 0 Å². The highest BCUT2D eigenvalue weighted by molar-refractivity contribution is 5.35. The highest BCUT2D eigenvalue weighted by Crippen LogP contribution is 2.21. The Morgan fingerprint density at radius 2 is 2.04 bits per heavy atom. The number of rotatable bonds is 5. The second kappa shape index (κ2) is 7.57. The van der Waals surface area contributed by atoms with Crippen LogP contribution in [0, 0.1) is 12.7 Å². The highest BCUT2D eigenvalue weighted by Gasteiger charge is 2.19. The summed E-state index contributed by atoms with van der Waals surface area (Å²) in [6.45, 7) is 4.69. The first-order valence-electron chi connectivity index (χ1n) is 8.24. The molecule has 1 aromatic heterocycles. The molecule has 2 heterocycles. The van der Waals surface area contributed by atoms with Gasteiger partial charge in [-0.15, -0.1) is 0 Å². The molecule has 1 saturated heterocycles. The van der Waals surface area contributed by atoms with Crippen LogP contribution in [0.4, 0.5) is 10.2 Å². The molecule has 1 fully saturated rings. The molecule has 0 saturated carbocycles. The molecule has 2 aromatic rings. The first kappa shape index (κ1) is 16.6. The topological polar surface area (TPSA) is 50.3 Å². The summed E-state index contributed by atoms with van der Waals surface area (Å²) in [5.74, 6) is 0.880. The molecule has 5 nitrogen and oxygen atoms in total. The number of hydrogen-bond acceptors (Lipinski definition) is 5. The molecule has 1 aromatic carbocycles. The predicted molar refractivity (Wildman–Crippen MR) is 91.6 cm³/mol. The minimum Gasteiger partial charge on any atom is -0.494 e. The van der Waals surface area contributed by atoms with Gasteiger partial charge in [0, 0.05) is 37.4 Å². The lowest BCUT2D eigenvalue weighted by atomic mass is 10.0. The van der Waals surface area contributed by atoms with Crippen LogP contribution in [-0.2, 0) is 6.54 Å². The Bertz CT molecular complexity index is 686. The second-order valence-corrected chi connectivity index (χ2v) is 6.21. The molecule has 0 aliphatic carbocycles. The van der Waals surface area contributed by atoms with E-state index in [4.69, 9.17) is 4.74 Å². The summed E-state index contributed by atoms with van der Waals surface area (Å²) in [6.07, 6.45) is 3.67. The van der Waals surface area contributed by atoms with Gasteiger partial charge in [0.05, 0.1) is 7.11 Å². The standard InChI is InChI=1S/C18H23FN4O/c1-13-9-18(21-12-20-13)22-15-5-7-23(8-6-15)11-14-3-4-17(24-2)16(19)10-14/h3-4,9-10,12,15H,5-8,11H2,1-2H3,(H,20,21,22). The van der Waals surface area contributed by atoms with Gasteiger partial charge in [-0.2, -0.15) is 0 Å². The Hall–Kier alpha value is -2.21. The molecule has 6 heteroatoms. The number of halogens is 1. The number of benzene rings is 1. The first-order chi connectivity index (χ1) is 11.6. The summed E-state index contributed by atoms with van der Waals surface area (Å²) in [4.78, 5) is 10.7. The Labute approximate surface area is 141 Å². The van der Waals surface area contributed by atoms with Crippen molar-refractivity contribution in [2.75, 3.05) is 25.5 Å². The first-order valence-corrected chi connectivity index (χ1v) is 8.24. The Morgan fingerprint density at radius 3 is 2.71 bits per heavy atom.